The highest BCUT2D eigenvalue weighted by Crippen LogP contribution is 2.33. The first kappa shape index (κ1) is 24.5. The minimum atomic E-state index is -1.39. The first-order valence-corrected chi connectivity index (χ1v) is 11.4. The molecule has 0 bridgehead atoms. The van der Waals surface area contributed by atoms with E-state index in [0.29, 0.717) is 5.56 Å². The lowest BCUT2D eigenvalue weighted by molar-refractivity contribution is -0.133. The second-order valence-electron chi connectivity index (χ2n) is 9.21. The summed E-state index contributed by atoms with van der Waals surface area (Å²) in [6.45, 7) is 2.21. The molecule has 1 aliphatic carbocycles. The number of hydrogen-bond acceptors (Lipinski definition) is 4. The number of hydrogen-bond donors (Lipinski definition) is 2. The van der Waals surface area contributed by atoms with Gasteiger partial charge in [-0.1, -0.05) is 48.9 Å². The molecule has 0 radical (unpaired) electrons. The fraction of sp³-hybridized carbons (Fsp3) is 0.379. The molecule has 0 spiro atoms. The van der Waals surface area contributed by atoms with Crippen molar-refractivity contribution < 1.29 is 19.8 Å². The smallest absolute Gasteiger partial charge is 0.164 e. The SMILES string of the molecule is CC(C)(O)[C@H](CC(=O)c1ccc(C#CC#Cc2ccc(CCC3CC3)cc2)cc1)C(=O)CO. The molecule has 1 aliphatic rings. The number of aliphatic hydroxyl groups is 2. The van der Waals surface area contributed by atoms with Crippen LogP contribution in [0.4, 0.5) is 0 Å². The van der Waals surface area contributed by atoms with Crippen LogP contribution in [0, 0.1) is 35.5 Å². The number of aliphatic hydroxyl groups excluding tert-OH is 1. The largest absolute Gasteiger partial charge is 0.390 e. The van der Waals surface area contributed by atoms with Crippen molar-refractivity contribution in [3.63, 3.8) is 0 Å². The number of aryl methyl sites for hydroxylation is 1. The first-order valence-electron chi connectivity index (χ1n) is 11.4. The molecule has 4 nitrogen and oxygen atoms in total. The molecule has 1 fully saturated rings. The van der Waals surface area contributed by atoms with E-state index in [0.717, 1.165) is 23.5 Å². The van der Waals surface area contributed by atoms with E-state index < -0.39 is 23.9 Å². The van der Waals surface area contributed by atoms with Crippen molar-refractivity contribution >= 4 is 11.6 Å². The Balaban J connectivity index is 1.57. The third-order valence-electron chi connectivity index (χ3n) is 5.96. The zero-order chi connectivity index (χ0) is 23.8. The van der Waals surface area contributed by atoms with Gasteiger partial charge in [-0.2, -0.15) is 0 Å². The van der Waals surface area contributed by atoms with Gasteiger partial charge in [-0.25, -0.2) is 0 Å². The highest BCUT2D eigenvalue weighted by atomic mass is 16.3. The summed E-state index contributed by atoms with van der Waals surface area (Å²) >= 11 is 0. The standard InChI is InChI=1S/C29H30O4/c1-29(2,33)26(28(32)20-30)19-27(31)25-17-15-22(16-18-25)6-4-3-5-21-7-9-23(10-8-21)11-12-24-13-14-24/h7-10,15-18,24,26,30,33H,11-14,19-20H2,1-2H3/t26-/m1/s1. The van der Waals surface area contributed by atoms with Crippen LogP contribution in [-0.4, -0.2) is 34.0 Å². The Kier molecular flexibility index (Phi) is 8.23. The molecule has 2 N–H and O–H groups in total. The molecule has 0 heterocycles. The Bertz CT molecular complexity index is 1090. The molecule has 3 rings (SSSR count). The number of benzene rings is 2. The summed E-state index contributed by atoms with van der Waals surface area (Å²) in [5, 5.41) is 19.3. The minimum Gasteiger partial charge on any atom is -0.390 e. The second-order valence-corrected chi connectivity index (χ2v) is 9.21. The van der Waals surface area contributed by atoms with Crippen LogP contribution in [0.1, 0.15) is 66.6 Å². The third kappa shape index (κ3) is 7.72. The maximum atomic E-state index is 12.5. The van der Waals surface area contributed by atoms with Crippen molar-refractivity contribution in [3.8, 4) is 23.7 Å². The van der Waals surface area contributed by atoms with Crippen LogP contribution in [0.25, 0.3) is 0 Å². The summed E-state index contributed by atoms with van der Waals surface area (Å²) in [6, 6.07) is 15.1. The van der Waals surface area contributed by atoms with Gasteiger partial charge < -0.3 is 10.2 Å². The van der Waals surface area contributed by atoms with Crippen LogP contribution in [0.5, 0.6) is 0 Å². The molecular formula is C29H30O4. The van der Waals surface area contributed by atoms with Crippen molar-refractivity contribution in [2.45, 2.75) is 51.6 Å². The Morgan fingerprint density at radius 2 is 1.52 bits per heavy atom. The van der Waals surface area contributed by atoms with Crippen LogP contribution in [0.3, 0.4) is 0 Å². The molecule has 0 aliphatic heterocycles. The maximum Gasteiger partial charge on any atom is 0.164 e. The topological polar surface area (TPSA) is 74.6 Å². The highest BCUT2D eigenvalue weighted by molar-refractivity contribution is 5.99. The Labute approximate surface area is 196 Å². The molecule has 0 aromatic heterocycles. The molecule has 0 saturated heterocycles. The molecule has 1 saturated carbocycles. The lowest BCUT2D eigenvalue weighted by Crippen LogP contribution is -2.39. The van der Waals surface area contributed by atoms with Crippen LogP contribution in [0.15, 0.2) is 48.5 Å². The van der Waals surface area contributed by atoms with E-state index in [4.69, 9.17) is 5.11 Å². The van der Waals surface area contributed by atoms with Gasteiger partial charge in [0, 0.05) is 23.1 Å². The van der Waals surface area contributed by atoms with Gasteiger partial charge in [0.2, 0.25) is 0 Å². The summed E-state index contributed by atoms with van der Waals surface area (Å²) < 4.78 is 0. The van der Waals surface area contributed by atoms with Crippen molar-refractivity contribution in [3.05, 3.63) is 70.8 Å². The van der Waals surface area contributed by atoms with Crippen molar-refractivity contribution in [1.82, 2.24) is 0 Å². The number of Topliss-reactive ketones (excluding diaryl/α,β-unsaturated/α-hetero) is 2. The van der Waals surface area contributed by atoms with Crippen LogP contribution >= 0.6 is 0 Å². The lowest BCUT2D eigenvalue weighted by atomic mass is 9.82. The lowest BCUT2D eigenvalue weighted by Gasteiger charge is -2.27. The van der Waals surface area contributed by atoms with Gasteiger partial charge in [0.1, 0.15) is 6.61 Å². The third-order valence-corrected chi connectivity index (χ3v) is 5.96. The van der Waals surface area contributed by atoms with Crippen molar-refractivity contribution in [2.75, 3.05) is 6.61 Å². The van der Waals surface area contributed by atoms with E-state index in [1.54, 1.807) is 24.3 Å². The Morgan fingerprint density at radius 1 is 0.970 bits per heavy atom. The molecule has 0 amide bonds. The highest BCUT2D eigenvalue weighted by Gasteiger charge is 2.34. The fourth-order valence-corrected chi connectivity index (χ4v) is 3.65. The molecular weight excluding hydrogens is 412 g/mol. The van der Waals surface area contributed by atoms with Gasteiger partial charge >= 0.3 is 0 Å². The molecule has 1 atom stereocenters. The van der Waals surface area contributed by atoms with Gasteiger partial charge in [0.15, 0.2) is 11.6 Å². The summed E-state index contributed by atoms with van der Waals surface area (Å²) in [4.78, 5) is 24.5. The quantitative estimate of drug-likeness (QED) is 0.456. The van der Waals surface area contributed by atoms with Crippen LogP contribution in [-0.2, 0) is 11.2 Å². The van der Waals surface area contributed by atoms with E-state index in [1.165, 1.54) is 38.7 Å². The summed E-state index contributed by atoms with van der Waals surface area (Å²) in [7, 11) is 0. The monoisotopic (exact) mass is 442 g/mol. The first-order chi connectivity index (χ1) is 15.8. The predicted octanol–water partition coefficient (Wildman–Crippen LogP) is 3.95. The predicted molar refractivity (Wildman–Crippen MR) is 129 cm³/mol. The minimum absolute atomic E-state index is 0.168. The van der Waals surface area contributed by atoms with Gasteiger partial charge in [-0.05, 0) is 74.3 Å². The average molecular weight is 443 g/mol. The second kappa shape index (κ2) is 11.1. The van der Waals surface area contributed by atoms with E-state index in [1.807, 2.05) is 12.1 Å². The van der Waals surface area contributed by atoms with E-state index in [-0.39, 0.29) is 12.2 Å². The molecule has 4 heteroatoms. The maximum absolute atomic E-state index is 12.5. The number of rotatable bonds is 9. The Hall–Kier alpha value is -3.18. The van der Waals surface area contributed by atoms with Crippen molar-refractivity contribution in [2.24, 2.45) is 11.8 Å². The van der Waals surface area contributed by atoms with E-state index in [2.05, 4.69) is 35.8 Å². The normalized spacial score (nSPS) is 13.8. The van der Waals surface area contributed by atoms with Gasteiger partial charge in [0.05, 0.1) is 11.5 Å². The number of carbonyl (C=O) groups excluding carboxylic acids is 2. The Morgan fingerprint density at radius 3 is 2.00 bits per heavy atom. The van der Waals surface area contributed by atoms with Gasteiger partial charge in [-0.3, -0.25) is 9.59 Å². The molecule has 170 valence electrons. The molecule has 2 aromatic rings. The molecule has 33 heavy (non-hydrogen) atoms. The molecule has 2 aromatic carbocycles. The summed E-state index contributed by atoms with van der Waals surface area (Å²) in [6.07, 6.45) is 5.01. The summed E-state index contributed by atoms with van der Waals surface area (Å²) in [5.41, 5.74) is 2.04. The van der Waals surface area contributed by atoms with E-state index >= 15 is 0 Å². The zero-order valence-corrected chi connectivity index (χ0v) is 19.2. The van der Waals surface area contributed by atoms with Gasteiger partial charge in [-0.15, -0.1) is 0 Å². The number of ketones is 2. The van der Waals surface area contributed by atoms with Gasteiger partial charge in [0.25, 0.3) is 0 Å². The summed E-state index contributed by atoms with van der Waals surface area (Å²) in [5.74, 6) is 10.9. The van der Waals surface area contributed by atoms with E-state index in [9.17, 15) is 14.7 Å². The average Bonchev–Trinajstić information content (AvgIpc) is 3.63. The van der Waals surface area contributed by atoms with Crippen LogP contribution in [0.2, 0.25) is 0 Å². The van der Waals surface area contributed by atoms with Crippen molar-refractivity contribution in [1.29, 1.82) is 0 Å². The molecule has 0 unspecified atom stereocenters. The number of carbonyl (C=O) groups is 2. The van der Waals surface area contributed by atoms with Crippen LogP contribution < -0.4 is 0 Å². The zero-order valence-electron chi connectivity index (χ0n) is 19.2. The fourth-order valence-electron chi connectivity index (χ4n) is 3.65.